The van der Waals surface area contributed by atoms with Crippen molar-refractivity contribution in [3.05, 3.63) is 25.1 Å². The molecule has 1 aromatic carbocycles. The normalized spacial score (nSPS) is 8.93. The van der Waals surface area contributed by atoms with Crippen LogP contribution < -0.4 is 29.6 Å². The Hall–Kier alpha value is 1.82. The van der Waals surface area contributed by atoms with E-state index in [0.29, 0.717) is 0 Å². The fourth-order valence-corrected chi connectivity index (χ4v) is 1.72. The first kappa shape index (κ1) is 18.2. The van der Waals surface area contributed by atoms with E-state index in [1.807, 2.05) is 0 Å². The van der Waals surface area contributed by atoms with Crippen molar-refractivity contribution in [2.24, 2.45) is 0 Å². The number of rotatable bonds is 0. The SMILES string of the molecule is Oc1c(Cl)c(Cl)c(Cl)c(Cl)c1Cl.S.[H-].[Na+]. The summed E-state index contributed by atoms with van der Waals surface area (Å²) in [5.41, 5.74) is 0. The average Bonchev–Trinajstić information content (AvgIpc) is 2.08. The van der Waals surface area contributed by atoms with Gasteiger partial charge in [0.1, 0.15) is 10.0 Å². The summed E-state index contributed by atoms with van der Waals surface area (Å²) < 4.78 is 0. The molecule has 0 amide bonds. The third kappa shape index (κ3) is 3.41. The fourth-order valence-electron chi connectivity index (χ4n) is 0.593. The predicted octanol–water partition coefficient (Wildman–Crippen LogP) is 1.89. The Kier molecular flexibility index (Phi) is 9.36. The Morgan fingerprint density at radius 3 is 1.21 bits per heavy atom. The summed E-state index contributed by atoms with van der Waals surface area (Å²) in [7, 11) is 0. The van der Waals surface area contributed by atoms with Gasteiger partial charge >= 0.3 is 29.6 Å². The molecule has 0 saturated heterocycles. The minimum absolute atomic E-state index is 0. The molecule has 0 unspecified atom stereocenters. The molecule has 0 atom stereocenters. The maximum Gasteiger partial charge on any atom is 1.00 e. The summed E-state index contributed by atoms with van der Waals surface area (Å²) >= 11 is 27.9. The van der Waals surface area contributed by atoms with E-state index < -0.39 is 0 Å². The quantitative estimate of drug-likeness (QED) is 0.439. The molecule has 0 fully saturated rings. The van der Waals surface area contributed by atoms with Gasteiger partial charge in [0.25, 0.3) is 0 Å². The fraction of sp³-hybridized carbons (Fsp3) is 0. The number of benzene rings is 1. The van der Waals surface area contributed by atoms with Gasteiger partial charge < -0.3 is 6.53 Å². The number of phenolic OH excluding ortho intramolecular Hbond substituents is 1. The second-order valence-electron chi connectivity index (χ2n) is 1.92. The Morgan fingerprint density at radius 2 is 0.929 bits per heavy atom. The van der Waals surface area contributed by atoms with E-state index in [0.717, 1.165) is 0 Å². The summed E-state index contributed by atoms with van der Waals surface area (Å²) in [5, 5.41) is 9.01. The summed E-state index contributed by atoms with van der Waals surface area (Å²) in [5.74, 6) is -0.363. The smallest absolute Gasteiger partial charge is 1.00 e. The third-order valence-electron chi connectivity index (χ3n) is 1.19. The largest absolute Gasteiger partial charge is 1.00 e. The van der Waals surface area contributed by atoms with Crippen molar-refractivity contribution >= 4 is 71.5 Å². The van der Waals surface area contributed by atoms with Gasteiger partial charge in [-0.1, -0.05) is 58.0 Å². The van der Waals surface area contributed by atoms with E-state index in [4.69, 9.17) is 58.0 Å². The van der Waals surface area contributed by atoms with Gasteiger partial charge in [-0.05, 0) is 0 Å². The molecule has 1 N–H and O–H groups in total. The van der Waals surface area contributed by atoms with E-state index in [1.54, 1.807) is 0 Å². The maximum atomic E-state index is 9.20. The number of hydrogen-bond acceptors (Lipinski definition) is 1. The Labute approximate surface area is 137 Å². The van der Waals surface area contributed by atoms with Gasteiger partial charge in [-0.3, -0.25) is 0 Å². The van der Waals surface area contributed by atoms with Crippen molar-refractivity contribution < 1.29 is 36.1 Å². The first-order valence-corrected chi connectivity index (χ1v) is 4.56. The standard InChI is InChI=1S/C6HCl5O.Na.H2S.H/c7-1-2(8)4(10)6(12)5(11)3(1)9;;;/h12H;;1H2;/q;+1;;-1. The van der Waals surface area contributed by atoms with Gasteiger partial charge in [0, 0.05) is 0 Å². The molecule has 0 bridgehead atoms. The molecule has 0 aliphatic carbocycles. The molecule has 14 heavy (non-hydrogen) atoms. The Bertz CT molecular complexity index is 246. The van der Waals surface area contributed by atoms with Crippen LogP contribution in [0.2, 0.25) is 25.1 Å². The monoisotopic (exact) mass is 322 g/mol. The second-order valence-corrected chi connectivity index (χ2v) is 3.81. The first-order valence-electron chi connectivity index (χ1n) is 2.67. The topological polar surface area (TPSA) is 20.2 Å². The van der Waals surface area contributed by atoms with Crippen LogP contribution in [0.4, 0.5) is 0 Å². The van der Waals surface area contributed by atoms with Gasteiger partial charge in [-0.2, -0.15) is 13.5 Å². The molecule has 0 saturated carbocycles. The zero-order chi connectivity index (χ0) is 9.46. The van der Waals surface area contributed by atoms with Crippen molar-refractivity contribution in [2.45, 2.75) is 0 Å². The molecular weight excluding hydrogens is 320 g/mol. The number of halogens is 5. The number of aromatic hydroxyl groups is 1. The van der Waals surface area contributed by atoms with E-state index in [9.17, 15) is 5.11 Å². The predicted molar refractivity (Wildman–Crippen MR) is 64.6 cm³/mol. The molecule has 0 heterocycles. The number of phenols is 1. The average molecular weight is 324 g/mol. The zero-order valence-electron chi connectivity index (χ0n) is 7.84. The summed E-state index contributed by atoms with van der Waals surface area (Å²) in [6, 6.07) is 0. The van der Waals surface area contributed by atoms with Crippen LogP contribution in [0.1, 0.15) is 1.43 Å². The molecule has 1 nitrogen and oxygen atoms in total. The van der Waals surface area contributed by atoms with Gasteiger partial charge in [-0.25, -0.2) is 0 Å². The van der Waals surface area contributed by atoms with Gasteiger partial charge in [0.2, 0.25) is 0 Å². The van der Waals surface area contributed by atoms with Crippen LogP contribution in [0.25, 0.3) is 0 Å². The molecule has 0 aromatic heterocycles. The Morgan fingerprint density at radius 1 is 0.714 bits per heavy atom. The van der Waals surface area contributed by atoms with Gasteiger partial charge in [-0.15, -0.1) is 0 Å². The van der Waals surface area contributed by atoms with E-state index in [-0.39, 0.29) is 75.3 Å². The van der Waals surface area contributed by atoms with E-state index >= 15 is 0 Å². The maximum absolute atomic E-state index is 9.20. The Balaban J connectivity index is -0.000000480. The van der Waals surface area contributed by atoms with Crippen molar-refractivity contribution in [3.63, 3.8) is 0 Å². The molecule has 1 rings (SSSR count). The van der Waals surface area contributed by atoms with E-state index in [1.165, 1.54) is 0 Å². The van der Waals surface area contributed by atoms with Crippen molar-refractivity contribution in [2.75, 3.05) is 0 Å². The molecule has 0 spiro atoms. The van der Waals surface area contributed by atoms with Crippen LogP contribution in [0.3, 0.4) is 0 Å². The van der Waals surface area contributed by atoms with E-state index in [2.05, 4.69) is 0 Å². The molecule has 76 valence electrons. The van der Waals surface area contributed by atoms with Crippen LogP contribution in [0.15, 0.2) is 0 Å². The third-order valence-corrected chi connectivity index (χ3v) is 3.44. The minimum Gasteiger partial charge on any atom is -1.00 e. The van der Waals surface area contributed by atoms with Crippen molar-refractivity contribution in [1.82, 2.24) is 0 Å². The van der Waals surface area contributed by atoms with Crippen LogP contribution in [0.5, 0.6) is 5.75 Å². The second kappa shape index (κ2) is 7.21. The van der Waals surface area contributed by atoms with Crippen LogP contribution in [0, 0.1) is 0 Å². The first-order chi connectivity index (χ1) is 5.46. The summed E-state index contributed by atoms with van der Waals surface area (Å²) in [4.78, 5) is 0. The molecule has 0 aliphatic rings. The van der Waals surface area contributed by atoms with Crippen molar-refractivity contribution in [3.8, 4) is 5.75 Å². The molecule has 0 radical (unpaired) electrons. The van der Waals surface area contributed by atoms with Gasteiger partial charge in [0.15, 0.2) is 5.75 Å². The molecule has 0 aliphatic heterocycles. The van der Waals surface area contributed by atoms with Gasteiger partial charge in [0.05, 0.1) is 15.1 Å². The zero-order valence-corrected chi connectivity index (χ0v) is 13.6. The molecule has 1 aromatic rings. The van der Waals surface area contributed by atoms with Crippen LogP contribution >= 0.6 is 71.5 Å². The molecular formula is C6H4Cl5NaOS. The summed E-state index contributed by atoms with van der Waals surface area (Å²) in [6.07, 6.45) is 0. The van der Waals surface area contributed by atoms with Crippen LogP contribution in [-0.4, -0.2) is 5.11 Å². The van der Waals surface area contributed by atoms with Crippen LogP contribution in [-0.2, 0) is 0 Å². The minimum atomic E-state index is -0.363. The van der Waals surface area contributed by atoms with Crippen molar-refractivity contribution in [1.29, 1.82) is 0 Å². The molecule has 8 heteroatoms. The number of hydrogen-bond donors (Lipinski definition) is 1. The summed E-state index contributed by atoms with van der Waals surface area (Å²) in [6.45, 7) is 0.